The van der Waals surface area contributed by atoms with Gasteiger partial charge in [0.15, 0.2) is 0 Å². The first-order chi connectivity index (χ1) is 14.0. The van der Waals surface area contributed by atoms with E-state index >= 15 is 0 Å². The van der Waals surface area contributed by atoms with Crippen LogP contribution in [0.1, 0.15) is 32.2 Å². The molecule has 152 valence electrons. The number of hydrogen-bond donors (Lipinski definition) is 0. The maximum atomic E-state index is 12.9. The van der Waals surface area contributed by atoms with Crippen LogP contribution in [0.4, 0.5) is 0 Å². The second-order valence-electron chi connectivity index (χ2n) is 6.92. The van der Waals surface area contributed by atoms with Gasteiger partial charge in [0.25, 0.3) is 5.91 Å². The van der Waals surface area contributed by atoms with E-state index in [0.29, 0.717) is 31.9 Å². The first-order valence-electron chi connectivity index (χ1n) is 9.53. The van der Waals surface area contributed by atoms with Gasteiger partial charge in [0.05, 0.1) is 18.8 Å². The first kappa shape index (κ1) is 21.0. The van der Waals surface area contributed by atoms with Gasteiger partial charge in [-0.1, -0.05) is 35.4 Å². The Morgan fingerprint density at radius 1 is 1.03 bits per heavy atom. The maximum Gasteiger partial charge on any atom is 0.254 e. The molecule has 2 aromatic carbocycles. The van der Waals surface area contributed by atoms with E-state index in [2.05, 4.69) is 4.98 Å². The molecule has 6 heteroatoms. The van der Waals surface area contributed by atoms with Crippen molar-refractivity contribution in [2.24, 2.45) is 0 Å². The lowest BCUT2D eigenvalue weighted by atomic mass is 10.1. The van der Waals surface area contributed by atoms with Crippen molar-refractivity contribution in [3.63, 3.8) is 0 Å². The van der Waals surface area contributed by atoms with Crippen molar-refractivity contribution in [3.05, 3.63) is 81.3 Å². The van der Waals surface area contributed by atoms with Crippen molar-refractivity contribution in [1.29, 1.82) is 0 Å². The number of benzene rings is 2. The third-order valence-electron chi connectivity index (χ3n) is 4.49. The lowest BCUT2D eigenvalue weighted by molar-refractivity contribution is 0.0678. The summed E-state index contributed by atoms with van der Waals surface area (Å²) in [4.78, 5) is 19.3. The van der Waals surface area contributed by atoms with Crippen LogP contribution < -0.4 is 4.74 Å². The molecule has 0 unspecified atom stereocenters. The van der Waals surface area contributed by atoms with E-state index in [4.69, 9.17) is 9.47 Å². The Balaban J connectivity index is 1.64. The molecule has 1 aromatic heterocycles. The fraction of sp³-hybridized carbons (Fsp3) is 0.304. The number of carbonyl (C=O) groups is 1. The zero-order valence-electron chi connectivity index (χ0n) is 17.1. The minimum Gasteiger partial charge on any atom is -0.486 e. The molecule has 0 radical (unpaired) electrons. The Labute approximate surface area is 175 Å². The van der Waals surface area contributed by atoms with Gasteiger partial charge in [-0.25, -0.2) is 4.98 Å². The van der Waals surface area contributed by atoms with Gasteiger partial charge in [0.2, 0.25) is 0 Å². The zero-order valence-corrected chi connectivity index (χ0v) is 17.9. The van der Waals surface area contributed by atoms with Crippen LogP contribution in [0.15, 0.2) is 53.9 Å². The summed E-state index contributed by atoms with van der Waals surface area (Å²) >= 11 is 1.54. The molecule has 0 aliphatic heterocycles. The third kappa shape index (κ3) is 6.14. The highest BCUT2D eigenvalue weighted by molar-refractivity contribution is 7.09. The number of rotatable bonds is 9. The number of nitrogens with zero attached hydrogens (tertiary/aromatic N) is 2. The molecule has 0 aliphatic carbocycles. The minimum atomic E-state index is -0.0208. The van der Waals surface area contributed by atoms with E-state index in [-0.39, 0.29) is 5.91 Å². The van der Waals surface area contributed by atoms with Crippen molar-refractivity contribution >= 4 is 17.2 Å². The van der Waals surface area contributed by atoms with Gasteiger partial charge in [-0.05, 0) is 38.1 Å². The smallest absolute Gasteiger partial charge is 0.254 e. The van der Waals surface area contributed by atoms with Crippen LogP contribution in [0.5, 0.6) is 5.75 Å². The fourth-order valence-corrected chi connectivity index (χ4v) is 3.49. The van der Waals surface area contributed by atoms with E-state index in [1.165, 1.54) is 5.56 Å². The molecule has 0 atom stereocenters. The molecule has 1 heterocycles. The summed E-state index contributed by atoms with van der Waals surface area (Å²) in [5.74, 6) is 0.802. The quantitative estimate of drug-likeness (QED) is 0.516. The fourth-order valence-electron chi connectivity index (χ4n) is 2.80. The maximum absolute atomic E-state index is 12.9. The van der Waals surface area contributed by atoms with Gasteiger partial charge in [-0.15, -0.1) is 11.3 Å². The number of carbonyl (C=O) groups excluding carboxylic acids is 1. The summed E-state index contributed by atoms with van der Waals surface area (Å²) in [5, 5.41) is 2.87. The van der Waals surface area contributed by atoms with Crippen molar-refractivity contribution in [2.45, 2.75) is 27.0 Å². The molecule has 0 fully saturated rings. The van der Waals surface area contributed by atoms with Crippen LogP contribution in [0.3, 0.4) is 0 Å². The summed E-state index contributed by atoms with van der Waals surface area (Å²) in [6.45, 7) is 5.90. The molecule has 29 heavy (non-hydrogen) atoms. The van der Waals surface area contributed by atoms with Crippen LogP contribution in [0, 0.1) is 13.8 Å². The third-order valence-corrected chi connectivity index (χ3v) is 5.36. The normalized spacial score (nSPS) is 10.7. The van der Waals surface area contributed by atoms with Gasteiger partial charge < -0.3 is 14.4 Å². The van der Waals surface area contributed by atoms with E-state index in [9.17, 15) is 4.79 Å². The molecule has 0 saturated heterocycles. The van der Waals surface area contributed by atoms with Gasteiger partial charge in [0.1, 0.15) is 17.4 Å². The number of ether oxygens (including phenoxy) is 2. The molecule has 1 amide bonds. The zero-order chi connectivity index (χ0) is 20.6. The predicted octanol–water partition coefficient (Wildman–Crippen LogP) is 4.63. The summed E-state index contributed by atoms with van der Waals surface area (Å²) in [7, 11) is 1.64. The Kier molecular flexibility index (Phi) is 7.38. The number of amides is 1. The lowest BCUT2D eigenvalue weighted by Gasteiger charge is -2.21. The van der Waals surface area contributed by atoms with E-state index in [1.54, 1.807) is 23.3 Å². The Hall–Kier alpha value is -2.70. The summed E-state index contributed by atoms with van der Waals surface area (Å²) in [5.41, 5.74) is 3.85. The highest BCUT2D eigenvalue weighted by atomic mass is 32.1. The van der Waals surface area contributed by atoms with Crippen LogP contribution in [-0.2, 0) is 17.9 Å². The number of thiazole rings is 1. The number of hydrogen-bond acceptors (Lipinski definition) is 5. The van der Waals surface area contributed by atoms with Crippen molar-refractivity contribution < 1.29 is 14.3 Å². The molecule has 0 N–H and O–H groups in total. The second-order valence-corrected chi connectivity index (χ2v) is 7.86. The molecule has 0 aliphatic rings. The van der Waals surface area contributed by atoms with Crippen LogP contribution >= 0.6 is 11.3 Å². The highest BCUT2D eigenvalue weighted by Gasteiger charge is 2.17. The van der Waals surface area contributed by atoms with Crippen molar-refractivity contribution in [3.8, 4) is 5.75 Å². The monoisotopic (exact) mass is 410 g/mol. The summed E-state index contributed by atoms with van der Waals surface area (Å²) in [6, 6.07) is 15.6. The summed E-state index contributed by atoms with van der Waals surface area (Å²) in [6.07, 6.45) is 0. The van der Waals surface area contributed by atoms with Gasteiger partial charge in [0, 0.05) is 24.6 Å². The standard InChI is InChI=1S/C23H26N2O3S/c1-17-4-8-19(9-5-17)23(26)25(12-13-27-3)14-20-16-29-22(24-20)15-28-21-10-6-18(2)7-11-21/h4-11,16H,12-15H2,1-3H3. The Bertz CT molecular complexity index is 920. The second kappa shape index (κ2) is 10.2. The van der Waals surface area contributed by atoms with Crippen LogP contribution in [0.2, 0.25) is 0 Å². The number of methoxy groups -OCH3 is 1. The Morgan fingerprint density at radius 2 is 1.69 bits per heavy atom. The lowest BCUT2D eigenvalue weighted by Crippen LogP contribution is -2.33. The topological polar surface area (TPSA) is 51.7 Å². The number of aryl methyl sites for hydroxylation is 2. The molecular weight excluding hydrogens is 384 g/mol. The molecule has 0 bridgehead atoms. The predicted molar refractivity (Wildman–Crippen MR) is 115 cm³/mol. The van der Waals surface area contributed by atoms with E-state index in [1.807, 2.05) is 67.8 Å². The average molecular weight is 411 g/mol. The van der Waals surface area contributed by atoms with Crippen LogP contribution in [0.25, 0.3) is 0 Å². The van der Waals surface area contributed by atoms with E-state index in [0.717, 1.165) is 22.0 Å². The molecule has 0 spiro atoms. The van der Waals surface area contributed by atoms with Crippen LogP contribution in [-0.4, -0.2) is 36.1 Å². The summed E-state index contributed by atoms with van der Waals surface area (Å²) < 4.78 is 11.0. The Morgan fingerprint density at radius 3 is 2.34 bits per heavy atom. The van der Waals surface area contributed by atoms with Gasteiger partial charge >= 0.3 is 0 Å². The molecule has 3 rings (SSSR count). The number of aromatic nitrogens is 1. The van der Waals surface area contributed by atoms with Gasteiger partial charge in [-0.2, -0.15) is 0 Å². The largest absolute Gasteiger partial charge is 0.486 e. The van der Waals surface area contributed by atoms with Crippen molar-refractivity contribution in [2.75, 3.05) is 20.3 Å². The molecule has 0 saturated carbocycles. The minimum absolute atomic E-state index is 0.0208. The van der Waals surface area contributed by atoms with Gasteiger partial charge in [-0.3, -0.25) is 4.79 Å². The highest BCUT2D eigenvalue weighted by Crippen LogP contribution is 2.18. The van der Waals surface area contributed by atoms with Crippen molar-refractivity contribution in [1.82, 2.24) is 9.88 Å². The SMILES string of the molecule is COCCN(Cc1csc(COc2ccc(C)cc2)n1)C(=O)c1ccc(C)cc1. The first-order valence-corrected chi connectivity index (χ1v) is 10.4. The van der Waals surface area contributed by atoms with E-state index < -0.39 is 0 Å². The molecule has 5 nitrogen and oxygen atoms in total. The average Bonchev–Trinajstić information content (AvgIpc) is 3.18. The molecule has 3 aromatic rings. The molecular formula is C23H26N2O3S.